The maximum atomic E-state index is 9.71. The number of hydrogen-bond donors (Lipinski definition) is 0. The Bertz CT molecular complexity index is 212. The van der Waals surface area contributed by atoms with Gasteiger partial charge in [0.15, 0.2) is 0 Å². The number of sulfone groups is 1. The van der Waals surface area contributed by atoms with E-state index in [0.29, 0.717) is 0 Å². The van der Waals surface area contributed by atoms with Gasteiger partial charge in [0, 0.05) is 0 Å². The highest BCUT2D eigenvalue weighted by atomic mass is 32.2. The SMILES string of the molecule is O=C1C(=O)S1(=O)=O. The highest BCUT2D eigenvalue weighted by Gasteiger charge is 2.56. The van der Waals surface area contributed by atoms with Crippen molar-refractivity contribution in [1.29, 1.82) is 0 Å². The molecule has 1 heterocycles. The summed E-state index contributed by atoms with van der Waals surface area (Å²) in [5, 5.41) is -2.51. The summed E-state index contributed by atoms with van der Waals surface area (Å²) >= 11 is 0. The van der Waals surface area contributed by atoms with Gasteiger partial charge in [0.1, 0.15) is 0 Å². The maximum Gasteiger partial charge on any atom is 0.337 e. The summed E-state index contributed by atoms with van der Waals surface area (Å²) in [5.74, 6) is 0. The molecule has 0 unspecified atom stereocenters. The van der Waals surface area contributed by atoms with Gasteiger partial charge in [-0.3, -0.25) is 9.59 Å². The fraction of sp³-hybridized carbons (Fsp3) is 0. The van der Waals surface area contributed by atoms with Crippen LogP contribution in [0.1, 0.15) is 0 Å². The zero-order valence-corrected chi connectivity index (χ0v) is 3.86. The van der Waals surface area contributed by atoms with E-state index in [0.717, 1.165) is 0 Å². The second kappa shape index (κ2) is 0.764. The fourth-order valence-corrected chi connectivity index (χ4v) is 0.686. The summed E-state index contributed by atoms with van der Waals surface area (Å²) in [6.45, 7) is 0. The largest absolute Gasteiger partial charge is 0.337 e. The zero-order valence-electron chi connectivity index (χ0n) is 3.04. The molecule has 1 aliphatic heterocycles. The predicted molar refractivity (Wildman–Crippen MR) is 18.9 cm³/mol. The van der Waals surface area contributed by atoms with Crippen molar-refractivity contribution in [3.63, 3.8) is 0 Å². The first-order chi connectivity index (χ1) is 3.07. The van der Waals surface area contributed by atoms with Crippen LogP contribution in [0.5, 0.6) is 0 Å². The van der Waals surface area contributed by atoms with Crippen molar-refractivity contribution in [3.05, 3.63) is 0 Å². The van der Waals surface area contributed by atoms with Gasteiger partial charge in [-0.2, -0.15) is 0 Å². The normalized spacial score (nSPS) is 25.1. The zero-order chi connectivity index (χ0) is 5.65. The van der Waals surface area contributed by atoms with Crippen molar-refractivity contribution < 1.29 is 18.0 Å². The molecule has 0 aromatic carbocycles. The smallest absolute Gasteiger partial charge is 0.271 e. The Labute approximate surface area is 39.0 Å². The molecule has 38 valence electrons. The van der Waals surface area contributed by atoms with E-state index >= 15 is 0 Å². The van der Waals surface area contributed by atoms with Crippen molar-refractivity contribution in [1.82, 2.24) is 0 Å². The number of carbonyl (C=O) groups excluding carboxylic acids is 2. The lowest BCUT2D eigenvalue weighted by Gasteiger charge is -1.41. The highest BCUT2D eigenvalue weighted by molar-refractivity contribution is 8.37. The summed E-state index contributed by atoms with van der Waals surface area (Å²) in [7, 11) is -3.85. The molecule has 7 heavy (non-hydrogen) atoms. The minimum Gasteiger partial charge on any atom is -0.271 e. The second-order valence-corrected chi connectivity index (χ2v) is 2.83. The first kappa shape index (κ1) is 4.45. The summed E-state index contributed by atoms with van der Waals surface area (Å²) in [5.41, 5.74) is 0. The van der Waals surface area contributed by atoms with E-state index in [1.54, 1.807) is 0 Å². The van der Waals surface area contributed by atoms with Crippen LogP contribution in [0, 0.1) is 0 Å². The lowest BCUT2D eigenvalue weighted by Crippen LogP contribution is -1.69. The molecule has 0 N–H and O–H groups in total. The van der Waals surface area contributed by atoms with E-state index in [-0.39, 0.29) is 0 Å². The monoisotopic (exact) mass is 120 g/mol. The van der Waals surface area contributed by atoms with E-state index in [1.165, 1.54) is 0 Å². The molecule has 0 aromatic rings. The predicted octanol–water partition coefficient (Wildman–Crippen LogP) is -1.53. The van der Waals surface area contributed by atoms with Gasteiger partial charge in [-0.25, -0.2) is 8.42 Å². The van der Waals surface area contributed by atoms with E-state index < -0.39 is 20.1 Å². The van der Waals surface area contributed by atoms with Crippen LogP contribution in [0.2, 0.25) is 0 Å². The Hall–Kier alpha value is -0.710. The molecule has 0 spiro atoms. The Kier molecular flexibility index (Phi) is 0.485. The summed E-state index contributed by atoms with van der Waals surface area (Å²) < 4.78 is 19.4. The topological polar surface area (TPSA) is 68.3 Å². The van der Waals surface area contributed by atoms with E-state index in [2.05, 4.69) is 0 Å². The average Bonchev–Trinajstić information content (AvgIpc) is 1.91. The van der Waals surface area contributed by atoms with Gasteiger partial charge in [-0.05, 0) is 0 Å². The lowest BCUT2D eigenvalue weighted by atomic mass is 10.9. The molecular formula is C2O4S. The van der Waals surface area contributed by atoms with Crippen LogP contribution < -0.4 is 0 Å². The molecule has 4 nitrogen and oxygen atoms in total. The van der Waals surface area contributed by atoms with E-state index in [9.17, 15) is 18.0 Å². The fourth-order valence-electron chi connectivity index (χ4n) is 0.161. The van der Waals surface area contributed by atoms with Gasteiger partial charge in [0.2, 0.25) is 0 Å². The molecule has 5 heteroatoms. The molecule has 1 saturated heterocycles. The van der Waals surface area contributed by atoms with Crippen molar-refractivity contribution in [2.24, 2.45) is 0 Å². The first-order valence-electron chi connectivity index (χ1n) is 1.40. The third-order valence-electron chi connectivity index (χ3n) is 0.613. The minimum atomic E-state index is -3.85. The Morgan fingerprint density at radius 1 is 1.00 bits per heavy atom. The quantitative estimate of drug-likeness (QED) is 0.287. The number of hydrogen-bond acceptors (Lipinski definition) is 4. The van der Waals surface area contributed by atoms with Crippen LogP contribution in [0.25, 0.3) is 0 Å². The average molecular weight is 120 g/mol. The molecule has 1 fully saturated rings. The molecule has 0 radical (unpaired) electrons. The van der Waals surface area contributed by atoms with Gasteiger partial charge in [0.25, 0.3) is 9.84 Å². The van der Waals surface area contributed by atoms with Crippen molar-refractivity contribution in [2.75, 3.05) is 0 Å². The molecule has 0 bridgehead atoms. The van der Waals surface area contributed by atoms with Gasteiger partial charge in [-0.15, -0.1) is 0 Å². The third-order valence-corrected chi connectivity index (χ3v) is 1.76. The van der Waals surface area contributed by atoms with E-state index in [1.807, 2.05) is 0 Å². The first-order valence-corrected chi connectivity index (χ1v) is 2.88. The number of rotatable bonds is 0. The summed E-state index contributed by atoms with van der Waals surface area (Å²) in [6.07, 6.45) is 0. The van der Waals surface area contributed by atoms with E-state index in [4.69, 9.17) is 0 Å². The summed E-state index contributed by atoms with van der Waals surface area (Å²) in [6, 6.07) is 0. The number of carbonyl (C=O) groups is 2. The third kappa shape index (κ3) is 0.324. The lowest BCUT2D eigenvalue weighted by molar-refractivity contribution is -0.122. The Morgan fingerprint density at radius 2 is 1.14 bits per heavy atom. The van der Waals surface area contributed by atoms with Crippen molar-refractivity contribution in [3.8, 4) is 0 Å². The molecule has 0 atom stereocenters. The molecule has 1 rings (SSSR count). The maximum absolute atomic E-state index is 9.71. The molecule has 0 saturated carbocycles. The van der Waals surface area contributed by atoms with Crippen LogP contribution in [0.15, 0.2) is 0 Å². The van der Waals surface area contributed by atoms with Crippen LogP contribution >= 0.6 is 0 Å². The Morgan fingerprint density at radius 3 is 1.14 bits per heavy atom. The molecule has 0 aromatic heterocycles. The van der Waals surface area contributed by atoms with Gasteiger partial charge >= 0.3 is 10.2 Å². The van der Waals surface area contributed by atoms with Gasteiger partial charge in [0.05, 0.1) is 0 Å². The van der Waals surface area contributed by atoms with Crippen LogP contribution in [-0.4, -0.2) is 18.6 Å². The second-order valence-electron chi connectivity index (χ2n) is 1.08. The summed E-state index contributed by atoms with van der Waals surface area (Å²) in [4.78, 5) is 19.2. The highest BCUT2D eigenvalue weighted by Crippen LogP contribution is 2.12. The van der Waals surface area contributed by atoms with Crippen LogP contribution in [-0.2, 0) is 19.4 Å². The van der Waals surface area contributed by atoms with Gasteiger partial charge in [-0.1, -0.05) is 0 Å². The van der Waals surface area contributed by atoms with Crippen molar-refractivity contribution >= 4 is 20.1 Å². The van der Waals surface area contributed by atoms with Crippen LogP contribution in [0.3, 0.4) is 0 Å². The standard InChI is InChI=1S/C2O4S/c3-1-2(4)7(1,5)6. The molecule has 1 aliphatic rings. The van der Waals surface area contributed by atoms with Crippen molar-refractivity contribution in [2.45, 2.75) is 0 Å². The van der Waals surface area contributed by atoms with Crippen LogP contribution in [0.4, 0.5) is 0 Å². The van der Waals surface area contributed by atoms with Gasteiger partial charge < -0.3 is 0 Å². The minimum absolute atomic E-state index is 1.26. The molecular weight excluding hydrogens is 120 g/mol. The molecule has 0 aliphatic carbocycles. The Balaban J connectivity index is 3.42. The molecule has 0 amide bonds.